The van der Waals surface area contributed by atoms with Crippen molar-refractivity contribution in [2.24, 2.45) is 0 Å². The van der Waals surface area contributed by atoms with E-state index in [-0.39, 0.29) is 17.7 Å². The molecule has 0 radical (unpaired) electrons. The second-order valence-electron chi connectivity index (χ2n) is 6.59. The molecule has 1 amide bonds. The third-order valence-corrected chi connectivity index (χ3v) is 3.74. The molecule has 1 N–H and O–H groups in total. The quantitative estimate of drug-likeness (QED) is 0.907. The Balaban J connectivity index is 1.98. The number of carbonyl (C=O) groups is 2. The molecule has 1 aliphatic heterocycles. The molecule has 7 heteroatoms. The highest BCUT2D eigenvalue weighted by Crippen LogP contribution is 2.25. The summed E-state index contributed by atoms with van der Waals surface area (Å²) in [5.74, 6) is -0.963. The molecule has 1 aliphatic rings. The van der Waals surface area contributed by atoms with E-state index in [4.69, 9.17) is 9.84 Å². The molecule has 1 fully saturated rings. The van der Waals surface area contributed by atoms with Gasteiger partial charge < -0.3 is 14.7 Å². The van der Waals surface area contributed by atoms with E-state index in [1.807, 2.05) is 20.8 Å². The monoisotopic (exact) mass is 309 g/mol. The number of amides is 1. The summed E-state index contributed by atoms with van der Waals surface area (Å²) >= 11 is 0. The van der Waals surface area contributed by atoms with Crippen LogP contribution in [0.3, 0.4) is 0 Å². The van der Waals surface area contributed by atoms with E-state index in [0.29, 0.717) is 18.8 Å². The van der Waals surface area contributed by atoms with E-state index in [1.165, 1.54) is 6.20 Å². The van der Waals surface area contributed by atoms with Crippen LogP contribution in [-0.4, -0.2) is 50.5 Å². The van der Waals surface area contributed by atoms with Crippen LogP contribution >= 0.6 is 0 Å². The number of piperidine rings is 1. The third kappa shape index (κ3) is 3.58. The molecular formula is C15H23N3O4. The lowest BCUT2D eigenvalue weighted by atomic mass is 10.1. The van der Waals surface area contributed by atoms with Crippen molar-refractivity contribution in [2.45, 2.75) is 52.2 Å². The van der Waals surface area contributed by atoms with E-state index in [0.717, 1.165) is 12.8 Å². The van der Waals surface area contributed by atoms with Crippen LogP contribution in [0.4, 0.5) is 4.79 Å². The Labute approximate surface area is 129 Å². The molecule has 0 bridgehead atoms. The predicted octanol–water partition coefficient (Wildman–Crippen LogP) is 2.46. The number of ether oxygens (including phenoxy) is 1. The lowest BCUT2D eigenvalue weighted by molar-refractivity contribution is 0.0184. The van der Waals surface area contributed by atoms with Gasteiger partial charge >= 0.3 is 12.1 Å². The van der Waals surface area contributed by atoms with Gasteiger partial charge in [0.2, 0.25) is 0 Å². The van der Waals surface area contributed by atoms with Crippen LogP contribution in [0.1, 0.15) is 55.7 Å². The van der Waals surface area contributed by atoms with E-state index >= 15 is 0 Å². The Morgan fingerprint density at radius 2 is 1.91 bits per heavy atom. The number of rotatable bonds is 2. The summed E-state index contributed by atoms with van der Waals surface area (Å²) in [6.45, 7) is 8.47. The van der Waals surface area contributed by atoms with Gasteiger partial charge in [0.05, 0.1) is 17.9 Å². The fourth-order valence-corrected chi connectivity index (χ4v) is 2.62. The Morgan fingerprint density at radius 1 is 1.32 bits per heavy atom. The average molecular weight is 309 g/mol. The molecule has 2 heterocycles. The Kier molecular flexibility index (Phi) is 4.44. The highest BCUT2D eigenvalue weighted by molar-refractivity contribution is 5.88. The Morgan fingerprint density at radius 3 is 2.36 bits per heavy atom. The smallest absolute Gasteiger partial charge is 0.410 e. The number of carboxylic acid groups (broad SMARTS) is 1. The van der Waals surface area contributed by atoms with Gasteiger partial charge in [-0.15, -0.1) is 0 Å². The fourth-order valence-electron chi connectivity index (χ4n) is 2.62. The normalized spacial score (nSPS) is 16.6. The molecule has 122 valence electrons. The van der Waals surface area contributed by atoms with Gasteiger partial charge in [0, 0.05) is 13.1 Å². The maximum atomic E-state index is 12.0. The average Bonchev–Trinajstić information content (AvgIpc) is 2.79. The molecule has 0 aromatic carbocycles. The third-order valence-electron chi connectivity index (χ3n) is 3.74. The second-order valence-corrected chi connectivity index (χ2v) is 6.59. The molecule has 0 saturated carbocycles. The minimum absolute atomic E-state index is 0.117. The van der Waals surface area contributed by atoms with Crippen molar-refractivity contribution in [3.63, 3.8) is 0 Å². The number of nitrogens with zero attached hydrogens (tertiary/aromatic N) is 3. The van der Waals surface area contributed by atoms with Gasteiger partial charge in [0.1, 0.15) is 11.2 Å². The SMILES string of the molecule is Cc1c(C(=O)O)cnn1C1CCN(C(=O)OC(C)(C)C)CC1. The summed E-state index contributed by atoms with van der Waals surface area (Å²) < 4.78 is 7.12. The maximum Gasteiger partial charge on any atom is 0.410 e. The molecule has 0 spiro atoms. The summed E-state index contributed by atoms with van der Waals surface area (Å²) in [7, 11) is 0. The number of hydrogen-bond donors (Lipinski definition) is 1. The van der Waals surface area contributed by atoms with Crippen molar-refractivity contribution in [1.82, 2.24) is 14.7 Å². The molecule has 22 heavy (non-hydrogen) atoms. The molecule has 0 atom stereocenters. The molecule has 7 nitrogen and oxygen atoms in total. The zero-order chi connectivity index (χ0) is 16.5. The van der Waals surface area contributed by atoms with Gasteiger partial charge in [-0.05, 0) is 40.5 Å². The summed E-state index contributed by atoms with van der Waals surface area (Å²) in [5, 5.41) is 13.3. The minimum atomic E-state index is -0.963. The van der Waals surface area contributed by atoms with Gasteiger partial charge in [-0.3, -0.25) is 4.68 Å². The first-order chi connectivity index (χ1) is 10.2. The van der Waals surface area contributed by atoms with Gasteiger partial charge in [0.25, 0.3) is 0 Å². The van der Waals surface area contributed by atoms with Crippen LogP contribution < -0.4 is 0 Å². The van der Waals surface area contributed by atoms with Crippen molar-refractivity contribution < 1.29 is 19.4 Å². The first kappa shape index (κ1) is 16.3. The van der Waals surface area contributed by atoms with Crippen LogP contribution in [-0.2, 0) is 4.74 Å². The maximum absolute atomic E-state index is 12.0. The van der Waals surface area contributed by atoms with Crippen LogP contribution in [0, 0.1) is 6.92 Å². The summed E-state index contributed by atoms with van der Waals surface area (Å²) in [5.41, 5.74) is 0.390. The van der Waals surface area contributed by atoms with E-state index in [2.05, 4.69) is 5.10 Å². The largest absolute Gasteiger partial charge is 0.478 e. The Bertz CT molecular complexity index is 566. The number of carbonyl (C=O) groups excluding carboxylic acids is 1. The Hall–Kier alpha value is -2.05. The number of aromatic carboxylic acids is 1. The number of likely N-dealkylation sites (tertiary alicyclic amines) is 1. The zero-order valence-corrected chi connectivity index (χ0v) is 13.5. The molecule has 1 aromatic heterocycles. The van der Waals surface area contributed by atoms with Crippen LogP contribution in [0.25, 0.3) is 0 Å². The van der Waals surface area contributed by atoms with Crippen molar-refractivity contribution >= 4 is 12.1 Å². The number of aromatic nitrogens is 2. The van der Waals surface area contributed by atoms with Crippen LogP contribution in [0.5, 0.6) is 0 Å². The summed E-state index contributed by atoms with van der Waals surface area (Å²) in [4.78, 5) is 24.8. The highest BCUT2D eigenvalue weighted by atomic mass is 16.6. The summed E-state index contributed by atoms with van der Waals surface area (Å²) in [6, 6.07) is 0.117. The molecule has 1 aromatic rings. The van der Waals surface area contributed by atoms with Gasteiger partial charge in [-0.1, -0.05) is 0 Å². The number of carboxylic acids is 1. The molecular weight excluding hydrogens is 286 g/mol. The van der Waals surface area contributed by atoms with E-state index in [1.54, 1.807) is 16.5 Å². The predicted molar refractivity (Wildman–Crippen MR) is 80.0 cm³/mol. The van der Waals surface area contributed by atoms with Gasteiger partial charge in [0.15, 0.2) is 0 Å². The van der Waals surface area contributed by atoms with Crippen molar-refractivity contribution in [2.75, 3.05) is 13.1 Å². The van der Waals surface area contributed by atoms with E-state index in [9.17, 15) is 9.59 Å². The first-order valence-electron chi connectivity index (χ1n) is 7.44. The molecule has 2 rings (SSSR count). The van der Waals surface area contributed by atoms with Crippen molar-refractivity contribution in [3.8, 4) is 0 Å². The van der Waals surface area contributed by atoms with Crippen molar-refractivity contribution in [3.05, 3.63) is 17.5 Å². The van der Waals surface area contributed by atoms with Crippen LogP contribution in [0.2, 0.25) is 0 Å². The molecule has 0 unspecified atom stereocenters. The lowest BCUT2D eigenvalue weighted by Crippen LogP contribution is -2.42. The second kappa shape index (κ2) is 5.98. The first-order valence-corrected chi connectivity index (χ1v) is 7.44. The minimum Gasteiger partial charge on any atom is -0.478 e. The topological polar surface area (TPSA) is 84.7 Å². The van der Waals surface area contributed by atoms with Crippen LogP contribution in [0.15, 0.2) is 6.20 Å². The van der Waals surface area contributed by atoms with Gasteiger partial charge in [-0.2, -0.15) is 5.10 Å². The zero-order valence-electron chi connectivity index (χ0n) is 13.5. The van der Waals surface area contributed by atoms with E-state index < -0.39 is 11.6 Å². The number of hydrogen-bond acceptors (Lipinski definition) is 4. The van der Waals surface area contributed by atoms with Gasteiger partial charge in [-0.25, -0.2) is 9.59 Å². The fraction of sp³-hybridized carbons (Fsp3) is 0.667. The standard InChI is InChI=1S/C15H23N3O4/c1-10-12(13(19)20)9-16-18(10)11-5-7-17(8-6-11)14(21)22-15(2,3)4/h9,11H,5-8H2,1-4H3,(H,19,20). The summed E-state index contributed by atoms with van der Waals surface area (Å²) in [6.07, 6.45) is 2.56. The molecule has 0 aliphatic carbocycles. The molecule has 1 saturated heterocycles. The highest BCUT2D eigenvalue weighted by Gasteiger charge is 2.29. The lowest BCUT2D eigenvalue weighted by Gasteiger charge is -2.33. The van der Waals surface area contributed by atoms with Crippen molar-refractivity contribution in [1.29, 1.82) is 0 Å².